The molecule has 0 radical (unpaired) electrons. The highest BCUT2D eigenvalue weighted by atomic mass is 16.5. The molecule has 4 rings (SSSR count). The van der Waals surface area contributed by atoms with Crippen molar-refractivity contribution >= 4 is 22.6 Å². The summed E-state index contributed by atoms with van der Waals surface area (Å²) in [6, 6.07) is 17.1. The fourth-order valence-electron chi connectivity index (χ4n) is 5.23. The second-order valence-corrected chi connectivity index (χ2v) is 9.44. The molecule has 1 saturated heterocycles. The lowest BCUT2D eigenvalue weighted by molar-refractivity contribution is 0.0951. The molecule has 1 aromatic heterocycles. The molecule has 0 saturated carbocycles. The Bertz CT molecular complexity index is 1110. The lowest BCUT2D eigenvalue weighted by atomic mass is 9.90. The minimum absolute atomic E-state index is 0.0792. The number of ether oxygens (including phenoxy) is 1. The highest BCUT2D eigenvalue weighted by Crippen LogP contribution is 2.34. The van der Waals surface area contributed by atoms with Gasteiger partial charge in [0.05, 0.1) is 18.2 Å². The van der Waals surface area contributed by atoms with Gasteiger partial charge in [0.2, 0.25) is 0 Å². The van der Waals surface area contributed by atoms with Gasteiger partial charge in [-0.05, 0) is 63.1 Å². The number of amides is 1. The summed E-state index contributed by atoms with van der Waals surface area (Å²) in [7, 11) is 1.64. The van der Waals surface area contributed by atoms with Gasteiger partial charge in [-0.25, -0.2) is 4.68 Å². The van der Waals surface area contributed by atoms with Crippen molar-refractivity contribution in [3.05, 3.63) is 59.7 Å². The molecule has 1 aliphatic heterocycles. The number of anilines is 1. The predicted molar refractivity (Wildman–Crippen MR) is 145 cm³/mol. The monoisotopic (exact) mass is 476 g/mol. The maximum Gasteiger partial charge on any atom is 0.255 e. The molecule has 1 N–H and O–H groups in total. The fourth-order valence-corrected chi connectivity index (χ4v) is 5.23. The van der Waals surface area contributed by atoms with Gasteiger partial charge in [-0.15, -0.1) is 0 Å². The number of benzene rings is 2. The summed E-state index contributed by atoms with van der Waals surface area (Å²) in [5, 5.41) is 6.42. The van der Waals surface area contributed by atoms with Crippen molar-refractivity contribution in [2.24, 2.45) is 5.92 Å². The van der Waals surface area contributed by atoms with Crippen molar-refractivity contribution in [3.63, 3.8) is 0 Å². The van der Waals surface area contributed by atoms with Crippen LogP contribution >= 0.6 is 0 Å². The van der Waals surface area contributed by atoms with Gasteiger partial charge in [0.1, 0.15) is 11.6 Å². The second-order valence-electron chi connectivity index (χ2n) is 9.44. The zero-order valence-electron chi connectivity index (χ0n) is 21.7. The first-order valence-electron chi connectivity index (χ1n) is 13.1. The van der Waals surface area contributed by atoms with Crippen LogP contribution in [-0.4, -0.2) is 50.4 Å². The lowest BCUT2D eigenvalue weighted by Crippen LogP contribution is -2.40. The molecule has 2 heterocycles. The standard InChI is InChI=1S/C29H40N4O2/c1-5-15-30-29(34)25-19-24-20-28(33(32(6-2)7-3)26(24)21-27(25)35-4)31-16-13-23(14-17-31)18-22-11-9-8-10-12-22/h8-12,19-21,23H,5-7,13-18H2,1-4H3,(H,30,34). The van der Waals surface area contributed by atoms with Crippen molar-refractivity contribution < 1.29 is 9.53 Å². The Hall–Kier alpha value is -3.15. The van der Waals surface area contributed by atoms with Crippen molar-refractivity contribution in [2.45, 2.75) is 46.5 Å². The van der Waals surface area contributed by atoms with Crippen LogP contribution in [-0.2, 0) is 6.42 Å². The van der Waals surface area contributed by atoms with Crippen LogP contribution in [0.2, 0.25) is 0 Å². The van der Waals surface area contributed by atoms with Crippen LogP contribution in [0.25, 0.3) is 10.9 Å². The lowest BCUT2D eigenvalue weighted by Gasteiger charge is -2.36. The van der Waals surface area contributed by atoms with Crippen molar-refractivity contribution in [1.82, 2.24) is 9.99 Å². The van der Waals surface area contributed by atoms with Gasteiger partial charge in [-0.3, -0.25) is 4.79 Å². The van der Waals surface area contributed by atoms with E-state index in [0.717, 1.165) is 49.9 Å². The molecule has 0 atom stereocenters. The summed E-state index contributed by atoms with van der Waals surface area (Å²) >= 11 is 0. The molecule has 0 spiro atoms. The molecule has 2 aromatic carbocycles. The molecule has 6 nitrogen and oxygen atoms in total. The van der Waals surface area contributed by atoms with Crippen molar-refractivity contribution in [3.8, 4) is 5.75 Å². The van der Waals surface area contributed by atoms with Gasteiger partial charge >= 0.3 is 0 Å². The summed E-state index contributed by atoms with van der Waals surface area (Å²) in [5.74, 6) is 2.46. The molecule has 35 heavy (non-hydrogen) atoms. The van der Waals surface area contributed by atoms with Crippen LogP contribution in [0.3, 0.4) is 0 Å². The quantitative estimate of drug-likeness (QED) is 0.436. The Kier molecular flexibility index (Phi) is 8.21. The Labute approximate surface area is 209 Å². The van der Waals surface area contributed by atoms with Crippen LogP contribution in [0, 0.1) is 5.92 Å². The Balaban J connectivity index is 1.65. The van der Waals surface area contributed by atoms with E-state index in [1.807, 2.05) is 12.1 Å². The molecule has 0 aliphatic carbocycles. The number of fused-ring (bicyclic) bond motifs is 1. The minimum atomic E-state index is -0.0792. The van der Waals surface area contributed by atoms with E-state index in [4.69, 9.17) is 4.74 Å². The molecule has 1 aliphatic rings. The maximum absolute atomic E-state index is 12.8. The summed E-state index contributed by atoms with van der Waals surface area (Å²) in [6.45, 7) is 11.0. The molecule has 1 amide bonds. The smallest absolute Gasteiger partial charge is 0.255 e. The molecule has 0 unspecified atom stereocenters. The Morgan fingerprint density at radius 1 is 1.06 bits per heavy atom. The molecule has 0 bridgehead atoms. The minimum Gasteiger partial charge on any atom is -0.496 e. The van der Waals surface area contributed by atoms with Crippen LogP contribution < -0.4 is 20.0 Å². The SMILES string of the molecule is CCCNC(=O)c1cc2cc(N3CCC(Cc4ccccc4)CC3)n(N(CC)CC)c2cc1OC. The van der Waals surface area contributed by atoms with Gasteiger partial charge in [-0.1, -0.05) is 37.3 Å². The number of carbonyl (C=O) groups is 1. The number of methoxy groups -OCH3 is 1. The number of piperidine rings is 1. The Morgan fingerprint density at radius 3 is 2.40 bits per heavy atom. The van der Waals surface area contributed by atoms with E-state index in [-0.39, 0.29) is 5.91 Å². The van der Waals surface area contributed by atoms with E-state index < -0.39 is 0 Å². The number of rotatable bonds is 10. The average Bonchev–Trinajstić information content (AvgIpc) is 3.26. The normalized spacial score (nSPS) is 14.3. The summed E-state index contributed by atoms with van der Waals surface area (Å²) in [4.78, 5) is 15.4. The first kappa shape index (κ1) is 25.0. The number of nitrogens with one attached hydrogen (secondary N) is 1. The van der Waals surface area contributed by atoms with E-state index in [2.05, 4.69) is 77.1 Å². The van der Waals surface area contributed by atoms with E-state index in [1.165, 1.54) is 24.2 Å². The van der Waals surface area contributed by atoms with Crippen molar-refractivity contribution in [2.75, 3.05) is 49.7 Å². The van der Waals surface area contributed by atoms with E-state index in [0.29, 0.717) is 23.8 Å². The fraction of sp³-hybridized carbons (Fsp3) is 0.483. The zero-order chi connectivity index (χ0) is 24.8. The summed E-state index contributed by atoms with van der Waals surface area (Å²) in [6.07, 6.45) is 4.42. The average molecular weight is 477 g/mol. The number of hydrogen-bond donors (Lipinski definition) is 1. The third kappa shape index (κ3) is 5.42. The molecular formula is C29H40N4O2. The van der Waals surface area contributed by atoms with Gasteiger partial charge < -0.3 is 20.0 Å². The van der Waals surface area contributed by atoms with Gasteiger partial charge in [0, 0.05) is 44.2 Å². The second kappa shape index (κ2) is 11.5. The first-order chi connectivity index (χ1) is 17.1. The summed E-state index contributed by atoms with van der Waals surface area (Å²) in [5.41, 5.74) is 3.11. The first-order valence-corrected chi connectivity index (χ1v) is 13.1. The van der Waals surface area contributed by atoms with E-state index in [1.54, 1.807) is 7.11 Å². The number of nitrogens with zero attached hydrogens (tertiary/aromatic N) is 3. The van der Waals surface area contributed by atoms with E-state index in [9.17, 15) is 4.79 Å². The number of aromatic nitrogens is 1. The molecule has 1 fully saturated rings. The third-order valence-corrected chi connectivity index (χ3v) is 7.18. The number of hydrogen-bond acceptors (Lipinski definition) is 4. The maximum atomic E-state index is 12.8. The van der Waals surface area contributed by atoms with Gasteiger partial charge in [0.25, 0.3) is 5.91 Å². The molecule has 6 heteroatoms. The third-order valence-electron chi connectivity index (χ3n) is 7.18. The van der Waals surface area contributed by atoms with Crippen LogP contribution in [0.5, 0.6) is 5.75 Å². The van der Waals surface area contributed by atoms with Gasteiger partial charge in [0.15, 0.2) is 0 Å². The molecular weight excluding hydrogens is 436 g/mol. The van der Waals surface area contributed by atoms with Gasteiger partial charge in [-0.2, -0.15) is 0 Å². The highest BCUT2D eigenvalue weighted by molar-refractivity contribution is 6.02. The number of carbonyl (C=O) groups excluding carboxylic acids is 1. The highest BCUT2D eigenvalue weighted by Gasteiger charge is 2.25. The largest absolute Gasteiger partial charge is 0.496 e. The Morgan fingerprint density at radius 2 is 1.77 bits per heavy atom. The zero-order valence-corrected chi connectivity index (χ0v) is 21.7. The van der Waals surface area contributed by atoms with E-state index >= 15 is 0 Å². The van der Waals surface area contributed by atoms with Crippen LogP contribution in [0.15, 0.2) is 48.5 Å². The topological polar surface area (TPSA) is 49.7 Å². The summed E-state index contributed by atoms with van der Waals surface area (Å²) < 4.78 is 8.01. The predicted octanol–water partition coefficient (Wildman–Crippen LogP) is 5.23. The van der Waals surface area contributed by atoms with Crippen LogP contribution in [0.4, 0.5) is 5.82 Å². The van der Waals surface area contributed by atoms with Crippen molar-refractivity contribution in [1.29, 1.82) is 0 Å². The van der Waals surface area contributed by atoms with Crippen LogP contribution in [0.1, 0.15) is 56.0 Å². The molecule has 3 aromatic rings. The molecule has 188 valence electrons.